The Kier molecular flexibility index (Phi) is 4.90. The summed E-state index contributed by atoms with van der Waals surface area (Å²) < 4.78 is 38.6. The highest BCUT2D eigenvalue weighted by atomic mass is 32.2. The van der Waals surface area contributed by atoms with Crippen molar-refractivity contribution in [2.24, 2.45) is 0 Å². The molecule has 2 aromatic carbocycles. The number of hydrogen-bond acceptors (Lipinski definition) is 3. The first-order valence-corrected chi connectivity index (χ1v) is 9.91. The number of sulfone groups is 1. The van der Waals surface area contributed by atoms with Gasteiger partial charge in [0, 0.05) is 6.42 Å². The molecule has 1 N–H and O–H groups in total. The summed E-state index contributed by atoms with van der Waals surface area (Å²) in [7, 11) is -3.54. The summed E-state index contributed by atoms with van der Waals surface area (Å²) >= 11 is 0. The smallest absolute Gasteiger partial charge is 0.225 e. The number of hydrogen-bond donors (Lipinski definition) is 1. The van der Waals surface area contributed by atoms with Gasteiger partial charge >= 0.3 is 0 Å². The van der Waals surface area contributed by atoms with Gasteiger partial charge in [0.1, 0.15) is 5.82 Å². The lowest BCUT2D eigenvalue weighted by atomic mass is 10.1. The SMILES string of the molecule is Cc1ccc(F)c(NC(=O)CCS(=O)(=O)c2ccc3c(c2)CCC3)c1. The average Bonchev–Trinajstić information content (AvgIpc) is 3.04. The largest absolute Gasteiger partial charge is 0.324 e. The van der Waals surface area contributed by atoms with Crippen molar-refractivity contribution in [3.63, 3.8) is 0 Å². The van der Waals surface area contributed by atoms with E-state index in [1.807, 2.05) is 6.07 Å². The Hall–Kier alpha value is -2.21. The predicted octanol–water partition coefficient (Wildman–Crippen LogP) is 3.43. The zero-order chi connectivity index (χ0) is 18.0. The van der Waals surface area contributed by atoms with Crippen LogP contribution in [0.5, 0.6) is 0 Å². The van der Waals surface area contributed by atoms with Gasteiger partial charge in [-0.3, -0.25) is 4.79 Å². The monoisotopic (exact) mass is 361 g/mol. The Morgan fingerprint density at radius 2 is 1.88 bits per heavy atom. The van der Waals surface area contributed by atoms with E-state index in [4.69, 9.17) is 0 Å². The summed E-state index contributed by atoms with van der Waals surface area (Å²) in [5, 5.41) is 2.44. The number of carbonyl (C=O) groups is 1. The Morgan fingerprint density at radius 3 is 2.68 bits per heavy atom. The van der Waals surface area contributed by atoms with Crippen LogP contribution in [0.4, 0.5) is 10.1 Å². The van der Waals surface area contributed by atoms with E-state index >= 15 is 0 Å². The van der Waals surface area contributed by atoms with E-state index in [0.29, 0.717) is 0 Å². The van der Waals surface area contributed by atoms with Crippen LogP contribution < -0.4 is 5.32 Å². The second kappa shape index (κ2) is 6.96. The first-order chi connectivity index (χ1) is 11.8. The van der Waals surface area contributed by atoms with Gasteiger partial charge in [0.2, 0.25) is 5.91 Å². The molecule has 3 rings (SSSR count). The molecule has 2 aromatic rings. The molecule has 0 atom stereocenters. The molecule has 1 aliphatic rings. The minimum Gasteiger partial charge on any atom is -0.324 e. The molecule has 1 amide bonds. The van der Waals surface area contributed by atoms with Crippen molar-refractivity contribution in [3.05, 3.63) is 58.9 Å². The standard InChI is InChI=1S/C19H20FNO3S/c1-13-5-8-17(20)18(11-13)21-19(22)9-10-25(23,24)16-7-6-14-3-2-4-15(14)12-16/h5-8,11-12H,2-4,9-10H2,1H3,(H,21,22). The number of fused-ring (bicyclic) bond motifs is 1. The maximum absolute atomic E-state index is 13.7. The molecule has 0 saturated carbocycles. The number of benzene rings is 2. The first kappa shape index (κ1) is 17.6. The molecule has 6 heteroatoms. The lowest BCUT2D eigenvalue weighted by Crippen LogP contribution is -2.18. The molecule has 0 unspecified atom stereocenters. The Bertz CT molecular complexity index is 922. The van der Waals surface area contributed by atoms with Crippen LogP contribution in [-0.2, 0) is 27.5 Å². The van der Waals surface area contributed by atoms with E-state index in [2.05, 4.69) is 5.32 Å². The second-order valence-corrected chi connectivity index (χ2v) is 8.49. The van der Waals surface area contributed by atoms with Crippen molar-refractivity contribution in [1.29, 1.82) is 0 Å². The maximum Gasteiger partial charge on any atom is 0.225 e. The van der Waals surface area contributed by atoms with Gasteiger partial charge in [0.05, 0.1) is 16.3 Å². The number of carbonyl (C=O) groups excluding carboxylic acids is 1. The molecule has 1 aliphatic carbocycles. The number of rotatable bonds is 5. The van der Waals surface area contributed by atoms with Crippen molar-refractivity contribution in [2.45, 2.75) is 37.5 Å². The summed E-state index contributed by atoms with van der Waals surface area (Å²) in [5.41, 5.74) is 3.15. The predicted molar refractivity (Wildman–Crippen MR) is 94.9 cm³/mol. The van der Waals surface area contributed by atoms with E-state index in [-0.39, 0.29) is 22.8 Å². The van der Waals surface area contributed by atoms with Crippen LogP contribution in [0.1, 0.15) is 29.5 Å². The fourth-order valence-corrected chi connectivity index (χ4v) is 4.32. The molecule has 0 bridgehead atoms. The van der Waals surface area contributed by atoms with Gasteiger partial charge in [0.15, 0.2) is 9.84 Å². The molecule has 0 aliphatic heterocycles. The zero-order valence-corrected chi connectivity index (χ0v) is 14.8. The fourth-order valence-electron chi connectivity index (χ4n) is 3.03. The zero-order valence-electron chi connectivity index (χ0n) is 14.0. The average molecular weight is 361 g/mol. The van der Waals surface area contributed by atoms with Gasteiger partial charge in [0.25, 0.3) is 0 Å². The summed E-state index contributed by atoms with van der Waals surface area (Å²) in [6, 6.07) is 9.57. The molecule has 132 valence electrons. The quantitative estimate of drug-likeness (QED) is 0.887. The van der Waals surface area contributed by atoms with E-state index in [0.717, 1.165) is 30.4 Å². The lowest BCUT2D eigenvalue weighted by Gasteiger charge is -2.09. The van der Waals surface area contributed by atoms with Crippen molar-refractivity contribution < 1.29 is 17.6 Å². The van der Waals surface area contributed by atoms with Gasteiger partial charge < -0.3 is 5.32 Å². The summed E-state index contributed by atoms with van der Waals surface area (Å²) in [5.74, 6) is -1.36. The molecule has 0 spiro atoms. The fraction of sp³-hybridized carbons (Fsp3) is 0.316. The maximum atomic E-state index is 13.7. The Morgan fingerprint density at radius 1 is 1.12 bits per heavy atom. The molecule has 0 fully saturated rings. The minimum atomic E-state index is -3.54. The lowest BCUT2D eigenvalue weighted by molar-refractivity contribution is -0.115. The van der Waals surface area contributed by atoms with Gasteiger partial charge in [-0.05, 0) is 67.1 Å². The number of halogens is 1. The highest BCUT2D eigenvalue weighted by Gasteiger charge is 2.20. The topological polar surface area (TPSA) is 63.2 Å². The van der Waals surface area contributed by atoms with Gasteiger partial charge in [-0.1, -0.05) is 12.1 Å². The van der Waals surface area contributed by atoms with Crippen molar-refractivity contribution in [1.82, 2.24) is 0 Å². The summed E-state index contributed by atoms with van der Waals surface area (Å²) in [6.07, 6.45) is 2.71. The van der Waals surface area contributed by atoms with Gasteiger partial charge in [-0.15, -0.1) is 0 Å². The van der Waals surface area contributed by atoms with Gasteiger partial charge in [-0.2, -0.15) is 0 Å². The number of nitrogens with one attached hydrogen (secondary N) is 1. The third-order valence-corrected chi connectivity index (χ3v) is 6.14. The van der Waals surface area contributed by atoms with Crippen LogP contribution >= 0.6 is 0 Å². The van der Waals surface area contributed by atoms with Crippen molar-refractivity contribution in [2.75, 3.05) is 11.1 Å². The van der Waals surface area contributed by atoms with Crippen LogP contribution in [0.3, 0.4) is 0 Å². The Balaban J connectivity index is 1.65. The third-order valence-electron chi connectivity index (χ3n) is 4.42. The number of aryl methyl sites for hydroxylation is 3. The highest BCUT2D eigenvalue weighted by Crippen LogP contribution is 2.25. The van der Waals surface area contributed by atoms with E-state index in [1.165, 1.54) is 17.7 Å². The van der Waals surface area contributed by atoms with Crippen LogP contribution in [0, 0.1) is 12.7 Å². The summed E-state index contributed by atoms with van der Waals surface area (Å²) in [4.78, 5) is 12.3. The second-order valence-electron chi connectivity index (χ2n) is 6.38. The first-order valence-electron chi connectivity index (χ1n) is 8.26. The Labute approximate surface area is 147 Å². The van der Waals surface area contributed by atoms with E-state index in [1.54, 1.807) is 25.1 Å². The molecular weight excluding hydrogens is 341 g/mol. The molecule has 25 heavy (non-hydrogen) atoms. The van der Waals surface area contributed by atoms with Crippen LogP contribution in [0.2, 0.25) is 0 Å². The van der Waals surface area contributed by atoms with E-state index < -0.39 is 21.6 Å². The third kappa shape index (κ3) is 4.07. The molecule has 4 nitrogen and oxygen atoms in total. The van der Waals surface area contributed by atoms with E-state index in [9.17, 15) is 17.6 Å². The van der Waals surface area contributed by atoms with Crippen molar-refractivity contribution >= 4 is 21.4 Å². The molecule has 0 radical (unpaired) electrons. The van der Waals surface area contributed by atoms with Gasteiger partial charge in [-0.25, -0.2) is 12.8 Å². The summed E-state index contributed by atoms with van der Waals surface area (Å²) in [6.45, 7) is 1.79. The van der Waals surface area contributed by atoms with Crippen LogP contribution in [0.25, 0.3) is 0 Å². The van der Waals surface area contributed by atoms with Crippen molar-refractivity contribution in [3.8, 4) is 0 Å². The highest BCUT2D eigenvalue weighted by molar-refractivity contribution is 7.91. The molecule has 0 saturated heterocycles. The number of anilines is 1. The normalized spacial score (nSPS) is 13.5. The molecular formula is C19H20FNO3S. The molecule has 0 aromatic heterocycles. The van der Waals surface area contributed by atoms with Crippen LogP contribution in [-0.4, -0.2) is 20.1 Å². The van der Waals surface area contributed by atoms with Crippen LogP contribution in [0.15, 0.2) is 41.3 Å². The minimum absolute atomic E-state index is 0.0694. The number of amides is 1. The molecule has 0 heterocycles.